The lowest BCUT2D eigenvalue weighted by atomic mass is 9.96. The fourth-order valence-corrected chi connectivity index (χ4v) is 3.07. The first-order valence-electron chi connectivity index (χ1n) is 8.54. The summed E-state index contributed by atoms with van der Waals surface area (Å²) in [5, 5.41) is 9.66. The van der Waals surface area contributed by atoms with Gasteiger partial charge in [0.15, 0.2) is 5.69 Å². The van der Waals surface area contributed by atoms with Crippen LogP contribution in [0.1, 0.15) is 29.8 Å². The minimum atomic E-state index is -4.72. The number of rotatable bonds is 3. The molecule has 148 valence electrons. The molecule has 28 heavy (non-hydrogen) atoms. The predicted octanol–water partition coefficient (Wildman–Crippen LogP) is 4.29. The van der Waals surface area contributed by atoms with Crippen LogP contribution in [0.4, 0.5) is 17.6 Å². The number of aliphatic hydroxyl groups is 1. The van der Waals surface area contributed by atoms with Gasteiger partial charge in [-0.3, -0.25) is 4.79 Å². The number of halogens is 4. The molecule has 2 atom stereocenters. The van der Waals surface area contributed by atoms with Crippen LogP contribution in [0.3, 0.4) is 0 Å². The minimum Gasteiger partial charge on any atom is -0.458 e. The number of esters is 1. The molecule has 1 aromatic carbocycles. The van der Waals surface area contributed by atoms with Gasteiger partial charge in [0.25, 0.3) is 0 Å². The molecule has 0 spiro atoms. The van der Waals surface area contributed by atoms with Gasteiger partial charge < -0.3 is 9.84 Å². The Balaban J connectivity index is 2.10. The standard InChI is InChI=1S/C20H17F4NO3/c1-11-8-17(12-2-4-13(21)5-3-12)16(19(25-11)20(22,23)24)7-6-15-9-14(26)10-18(27)28-15/h2-8,14-15,26H,9-10H2,1H3/t14-,15-/m0/s1. The van der Waals surface area contributed by atoms with E-state index in [-0.39, 0.29) is 29.7 Å². The Kier molecular flexibility index (Phi) is 5.51. The lowest BCUT2D eigenvalue weighted by Crippen LogP contribution is -2.31. The third kappa shape index (κ3) is 4.56. The van der Waals surface area contributed by atoms with Gasteiger partial charge in [-0.2, -0.15) is 13.2 Å². The highest BCUT2D eigenvalue weighted by Gasteiger charge is 2.36. The van der Waals surface area contributed by atoms with Crippen molar-refractivity contribution >= 4 is 12.0 Å². The molecule has 0 aliphatic carbocycles. The molecule has 2 heterocycles. The third-order valence-electron chi connectivity index (χ3n) is 4.28. The Morgan fingerprint density at radius 1 is 1.25 bits per heavy atom. The van der Waals surface area contributed by atoms with Crippen LogP contribution < -0.4 is 0 Å². The second kappa shape index (κ2) is 7.71. The first-order chi connectivity index (χ1) is 13.1. The van der Waals surface area contributed by atoms with E-state index in [2.05, 4.69) is 4.98 Å². The third-order valence-corrected chi connectivity index (χ3v) is 4.28. The lowest BCUT2D eigenvalue weighted by Gasteiger charge is -2.23. The van der Waals surface area contributed by atoms with E-state index in [0.29, 0.717) is 5.56 Å². The Hall–Kier alpha value is -2.74. The zero-order valence-electron chi connectivity index (χ0n) is 14.8. The zero-order chi connectivity index (χ0) is 20.5. The summed E-state index contributed by atoms with van der Waals surface area (Å²) in [5.74, 6) is -1.13. The minimum absolute atomic E-state index is 0.0920. The summed E-state index contributed by atoms with van der Waals surface area (Å²) in [6, 6.07) is 6.55. The number of cyclic esters (lactones) is 1. The smallest absolute Gasteiger partial charge is 0.433 e. The fourth-order valence-electron chi connectivity index (χ4n) is 3.07. The highest BCUT2D eigenvalue weighted by molar-refractivity contribution is 5.77. The molecule has 1 aromatic heterocycles. The summed E-state index contributed by atoms with van der Waals surface area (Å²) in [6.45, 7) is 1.44. The van der Waals surface area contributed by atoms with Crippen molar-refractivity contribution in [3.8, 4) is 11.1 Å². The van der Waals surface area contributed by atoms with Crippen LogP contribution in [0, 0.1) is 12.7 Å². The molecule has 4 nitrogen and oxygen atoms in total. The summed E-state index contributed by atoms with van der Waals surface area (Å²) in [5.41, 5.74) is -0.550. The van der Waals surface area contributed by atoms with Crippen molar-refractivity contribution < 1.29 is 32.2 Å². The van der Waals surface area contributed by atoms with E-state index in [0.717, 1.165) is 12.1 Å². The average Bonchev–Trinajstić information content (AvgIpc) is 2.59. The molecule has 1 saturated heterocycles. The Morgan fingerprint density at radius 3 is 2.54 bits per heavy atom. The number of ether oxygens (including phenoxy) is 1. The average molecular weight is 395 g/mol. The number of alkyl halides is 3. The van der Waals surface area contributed by atoms with Crippen LogP contribution in [-0.4, -0.2) is 28.3 Å². The van der Waals surface area contributed by atoms with Crippen molar-refractivity contribution in [2.75, 3.05) is 0 Å². The molecule has 0 unspecified atom stereocenters. The second-order valence-corrected chi connectivity index (χ2v) is 6.56. The summed E-state index contributed by atoms with van der Waals surface area (Å²) >= 11 is 0. The van der Waals surface area contributed by atoms with Gasteiger partial charge in [-0.1, -0.05) is 18.2 Å². The number of hydrogen-bond donors (Lipinski definition) is 1. The van der Waals surface area contributed by atoms with E-state index in [1.54, 1.807) is 0 Å². The van der Waals surface area contributed by atoms with Gasteiger partial charge in [0.1, 0.15) is 11.9 Å². The molecule has 0 saturated carbocycles. The fraction of sp³-hybridized carbons (Fsp3) is 0.300. The number of carbonyl (C=O) groups is 1. The van der Waals surface area contributed by atoms with Crippen LogP contribution in [0.5, 0.6) is 0 Å². The maximum absolute atomic E-state index is 13.6. The van der Waals surface area contributed by atoms with E-state index in [9.17, 15) is 27.5 Å². The largest absolute Gasteiger partial charge is 0.458 e. The van der Waals surface area contributed by atoms with Gasteiger partial charge >= 0.3 is 12.1 Å². The summed E-state index contributed by atoms with van der Waals surface area (Å²) in [7, 11) is 0. The van der Waals surface area contributed by atoms with Gasteiger partial charge in [0, 0.05) is 17.7 Å². The molecular formula is C20H17F4NO3. The van der Waals surface area contributed by atoms with Crippen LogP contribution in [0.2, 0.25) is 0 Å². The predicted molar refractivity (Wildman–Crippen MR) is 93.5 cm³/mol. The number of carbonyl (C=O) groups excluding carboxylic acids is 1. The van der Waals surface area contributed by atoms with E-state index in [4.69, 9.17) is 4.74 Å². The summed E-state index contributed by atoms with van der Waals surface area (Å²) < 4.78 is 59.1. The van der Waals surface area contributed by atoms with Gasteiger partial charge in [0.05, 0.1) is 12.5 Å². The van der Waals surface area contributed by atoms with Crippen LogP contribution in [0.25, 0.3) is 17.2 Å². The van der Waals surface area contributed by atoms with Crippen molar-refractivity contribution in [2.45, 2.75) is 38.1 Å². The van der Waals surface area contributed by atoms with E-state index in [1.165, 1.54) is 37.3 Å². The topological polar surface area (TPSA) is 59.4 Å². The van der Waals surface area contributed by atoms with Crippen LogP contribution in [0.15, 0.2) is 36.4 Å². The Morgan fingerprint density at radius 2 is 1.93 bits per heavy atom. The Bertz CT molecular complexity index is 907. The maximum Gasteiger partial charge on any atom is 0.433 e. The van der Waals surface area contributed by atoms with Gasteiger partial charge in [-0.05, 0) is 42.3 Å². The highest BCUT2D eigenvalue weighted by atomic mass is 19.4. The first kappa shape index (κ1) is 20.0. The van der Waals surface area contributed by atoms with Gasteiger partial charge in [0.2, 0.25) is 0 Å². The zero-order valence-corrected chi connectivity index (χ0v) is 14.8. The number of aromatic nitrogens is 1. The van der Waals surface area contributed by atoms with E-state index in [1.807, 2.05) is 0 Å². The normalized spacial score (nSPS) is 20.4. The van der Waals surface area contributed by atoms with Crippen LogP contribution >= 0.6 is 0 Å². The molecular weight excluding hydrogens is 378 g/mol. The molecule has 1 fully saturated rings. The number of pyridine rings is 1. The molecule has 8 heteroatoms. The first-order valence-corrected chi connectivity index (χ1v) is 8.54. The molecule has 1 aliphatic heterocycles. The number of hydrogen-bond acceptors (Lipinski definition) is 4. The van der Waals surface area contributed by atoms with Crippen molar-refractivity contribution in [1.82, 2.24) is 4.98 Å². The monoisotopic (exact) mass is 395 g/mol. The van der Waals surface area contributed by atoms with Crippen LogP contribution in [-0.2, 0) is 15.7 Å². The van der Waals surface area contributed by atoms with Gasteiger partial charge in [-0.15, -0.1) is 0 Å². The number of aryl methyl sites for hydroxylation is 1. The maximum atomic E-state index is 13.6. The molecule has 2 aromatic rings. The van der Waals surface area contributed by atoms with Gasteiger partial charge in [-0.25, -0.2) is 9.37 Å². The quantitative estimate of drug-likeness (QED) is 0.622. The lowest BCUT2D eigenvalue weighted by molar-refractivity contribution is -0.156. The molecule has 0 bridgehead atoms. The Labute approximate surface area is 158 Å². The van der Waals surface area contributed by atoms with Crippen molar-refractivity contribution in [3.63, 3.8) is 0 Å². The number of aliphatic hydroxyl groups excluding tert-OH is 1. The highest BCUT2D eigenvalue weighted by Crippen LogP contribution is 2.37. The van der Waals surface area contributed by atoms with E-state index < -0.39 is 35.9 Å². The SMILES string of the molecule is Cc1cc(-c2ccc(F)cc2)c(C=C[C@H]2C[C@H](O)CC(=O)O2)c(C(F)(F)F)n1. The van der Waals surface area contributed by atoms with Crippen molar-refractivity contribution in [3.05, 3.63) is 59.2 Å². The van der Waals surface area contributed by atoms with Crippen molar-refractivity contribution in [1.29, 1.82) is 0 Å². The molecule has 1 aliphatic rings. The molecule has 3 rings (SSSR count). The summed E-state index contributed by atoms with van der Waals surface area (Å²) in [4.78, 5) is 15.1. The second-order valence-electron chi connectivity index (χ2n) is 6.56. The molecule has 0 radical (unpaired) electrons. The summed E-state index contributed by atoms with van der Waals surface area (Å²) in [6.07, 6.45) is -4.05. The molecule has 1 N–H and O–H groups in total. The van der Waals surface area contributed by atoms with Crippen molar-refractivity contribution in [2.24, 2.45) is 0 Å². The molecule has 0 amide bonds. The van der Waals surface area contributed by atoms with E-state index >= 15 is 0 Å². The number of nitrogens with zero attached hydrogens (tertiary/aromatic N) is 1. The number of benzene rings is 1.